The molecule has 0 spiro atoms. The minimum absolute atomic E-state index is 0.683. The van der Waals surface area contributed by atoms with E-state index >= 15 is 0 Å². The SMILES string of the molecule is ClCCCNc1coc2ccccc12. The first-order valence-corrected chi connectivity index (χ1v) is 5.21. The van der Waals surface area contributed by atoms with Gasteiger partial charge in [0.2, 0.25) is 0 Å². The number of hydrogen-bond acceptors (Lipinski definition) is 2. The monoisotopic (exact) mass is 209 g/mol. The molecule has 0 atom stereocenters. The summed E-state index contributed by atoms with van der Waals surface area (Å²) in [6, 6.07) is 7.98. The molecule has 2 rings (SSSR count). The number of anilines is 1. The van der Waals surface area contributed by atoms with Crippen molar-refractivity contribution in [1.82, 2.24) is 0 Å². The fourth-order valence-electron chi connectivity index (χ4n) is 1.40. The minimum Gasteiger partial charge on any atom is -0.462 e. The molecule has 1 aromatic carbocycles. The fraction of sp³-hybridized carbons (Fsp3) is 0.273. The van der Waals surface area contributed by atoms with E-state index in [0.717, 1.165) is 29.6 Å². The number of fused-ring (bicyclic) bond motifs is 1. The van der Waals surface area contributed by atoms with Crippen LogP contribution in [0.1, 0.15) is 6.42 Å². The van der Waals surface area contributed by atoms with Gasteiger partial charge in [-0.15, -0.1) is 11.6 Å². The molecule has 0 aliphatic carbocycles. The number of hydrogen-bond donors (Lipinski definition) is 1. The molecule has 14 heavy (non-hydrogen) atoms. The first kappa shape index (κ1) is 9.41. The molecule has 0 aliphatic heterocycles. The van der Waals surface area contributed by atoms with Crippen molar-refractivity contribution >= 4 is 28.3 Å². The highest BCUT2D eigenvalue weighted by atomic mass is 35.5. The Labute approximate surface area is 87.9 Å². The van der Waals surface area contributed by atoms with Crippen molar-refractivity contribution in [3.05, 3.63) is 30.5 Å². The number of para-hydroxylation sites is 1. The van der Waals surface area contributed by atoms with Crippen LogP contribution >= 0.6 is 11.6 Å². The summed E-state index contributed by atoms with van der Waals surface area (Å²) >= 11 is 5.60. The number of furan rings is 1. The molecule has 0 saturated carbocycles. The van der Waals surface area contributed by atoms with Gasteiger partial charge in [0.25, 0.3) is 0 Å². The Morgan fingerprint density at radius 2 is 2.14 bits per heavy atom. The van der Waals surface area contributed by atoms with E-state index in [-0.39, 0.29) is 0 Å². The van der Waals surface area contributed by atoms with Crippen molar-refractivity contribution in [1.29, 1.82) is 0 Å². The smallest absolute Gasteiger partial charge is 0.136 e. The highest BCUT2D eigenvalue weighted by Crippen LogP contribution is 2.24. The molecule has 0 bridgehead atoms. The molecular formula is C11H12ClNO. The quantitative estimate of drug-likeness (QED) is 0.616. The Balaban J connectivity index is 2.17. The Morgan fingerprint density at radius 1 is 1.29 bits per heavy atom. The second-order valence-electron chi connectivity index (χ2n) is 3.11. The third-order valence-corrected chi connectivity index (χ3v) is 2.37. The van der Waals surface area contributed by atoms with E-state index in [1.807, 2.05) is 24.3 Å². The Hall–Kier alpha value is -1.15. The summed E-state index contributed by atoms with van der Waals surface area (Å²) in [6.07, 6.45) is 2.71. The predicted molar refractivity (Wildman–Crippen MR) is 60.0 cm³/mol. The standard InChI is InChI=1S/C11H12ClNO/c12-6-3-7-13-10-8-14-11-5-2-1-4-9(10)11/h1-2,4-5,8,13H,3,6-7H2. The molecule has 0 amide bonds. The lowest BCUT2D eigenvalue weighted by atomic mass is 10.2. The van der Waals surface area contributed by atoms with Crippen molar-refractivity contribution in [2.24, 2.45) is 0 Å². The van der Waals surface area contributed by atoms with Crippen LogP contribution < -0.4 is 5.32 Å². The first-order chi connectivity index (χ1) is 6.92. The van der Waals surface area contributed by atoms with Crippen LogP contribution in [0.2, 0.25) is 0 Å². The zero-order valence-corrected chi connectivity index (χ0v) is 8.55. The van der Waals surface area contributed by atoms with Crippen LogP contribution in [0.3, 0.4) is 0 Å². The van der Waals surface area contributed by atoms with Crippen LogP contribution in [0, 0.1) is 0 Å². The second-order valence-corrected chi connectivity index (χ2v) is 3.49. The van der Waals surface area contributed by atoms with Crippen molar-refractivity contribution < 1.29 is 4.42 Å². The van der Waals surface area contributed by atoms with Crippen molar-refractivity contribution in [2.75, 3.05) is 17.7 Å². The van der Waals surface area contributed by atoms with Crippen LogP contribution in [0.15, 0.2) is 34.9 Å². The highest BCUT2D eigenvalue weighted by molar-refractivity contribution is 6.17. The van der Waals surface area contributed by atoms with Gasteiger partial charge in [0.05, 0.1) is 5.69 Å². The molecule has 2 aromatic rings. The molecule has 0 saturated heterocycles. The van der Waals surface area contributed by atoms with E-state index in [0.29, 0.717) is 5.88 Å². The Morgan fingerprint density at radius 3 is 3.00 bits per heavy atom. The molecule has 74 valence electrons. The Bertz CT molecular complexity index is 410. The van der Waals surface area contributed by atoms with Gasteiger partial charge in [0.1, 0.15) is 11.8 Å². The van der Waals surface area contributed by atoms with E-state index < -0.39 is 0 Å². The molecule has 0 unspecified atom stereocenters. The fourth-order valence-corrected chi connectivity index (χ4v) is 1.54. The number of halogens is 1. The number of rotatable bonds is 4. The van der Waals surface area contributed by atoms with Crippen molar-refractivity contribution in [3.63, 3.8) is 0 Å². The predicted octanol–water partition coefficient (Wildman–Crippen LogP) is 3.47. The van der Waals surface area contributed by atoms with Crippen LogP contribution in [-0.4, -0.2) is 12.4 Å². The zero-order chi connectivity index (χ0) is 9.80. The Kier molecular flexibility index (Phi) is 2.94. The summed E-state index contributed by atoms with van der Waals surface area (Å²) in [5.41, 5.74) is 1.96. The highest BCUT2D eigenvalue weighted by Gasteiger charge is 2.02. The van der Waals surface area contributed by atoms with E-state index in [9.17, 15) is 0 Å². The first-order valence-electron chi connectivity index (χ1n) is 4.68. The van der Waals surface area contributed by atoms with Gasteiger partial charge in [-0.05, 0) is 18.6 Å². The van der Waals surface area contributed by atoms with Crippen LogP contribution in [0.5, 0.6) is 0 Å². The van der Waals surface area contributed by atoms with E-state index in [2.05, 4.69) is 5.32 Å². The lowest BCUT2D eigenvalue weighted by molar-refractivity contribution is 0.616. The number of benzene rings is 1. The maximum Gasteiger partial charge on any atom is 0.136 e. The normalized spacial score (nSPS) is 10.6. The molecule has 2 nitrogen and oxygen atoms in total. The summed E-state index contributed by atoms with van der Waals surface area (Å²) in [7, 11) is 0. The molecule has 0 aliphatic rings. The van der Waals surface area contributed by atoms with Crippen LogP contribution in [0.4, 0.5) is 5.69 Å². The summed E-state index contributed by atoms with van der Waals surface area (Å²) in [4.78, 5) is 0. The summed E-state index contributed by atoms with van der Waals surface area (Å²) in [6.45, 7) is 0.882. The minimum atomic E-state index is 0.683. The van der Waals surface area contributed by atoms with Gasteiger partial charge in [-0.25, -0.2) is 0 Å². The van der Waals surface area contributed by atoms with Crippen molar-refractivity contribution in [3.8, 4) is 0 Å². The summed E-state index contributed by atoms with van der Waals surface area (Å²) in [5.74, 6) is 0.683. The molecular weight excluding hydrogens is 198 g/mol. The maximum atomic E-state index is 5.60. The van der Waals surface area contributed by atoms with Gasteiger partial charge in [0, 0.05) is 17.8 Å². The van der Waals surface area contributed by atoms with Gasteiger partial charge >= 0.3 is 0 Å². The van der Waals surface area contributed by atoms with Gasteiger partial charge in [-0.3, -0.25) is 0 Å². The molecule has 1 heterocycles. The lowest BCUT2D eigenvalue weighted by Crippen LogP contribution is -2.00. The third-order valence-electron chi connectivity index (χ3n) is 2.11. The number of alkyl halides is 1. The lowest BCUT2D eigenvalue weighted by Gasteiger charge is -2.00. The van der Waals surface area contributed by atoms with Gasteiger partial charge < -0.3 is 9.73 Å². The van der Waals surface area contributed by atoms with Gasteiger partial charge in [-0.2, -0.15) is 0 Å². The van der Waals surface area contributed by atoms with Crippen LogP contribution in [-0.2, 0) is 0 Å². The van der Waals surface area contributed by atoms with E-state index in [1.165, 1.54) is 0 Å². The molecule has 1 aromatic heterocycles. The third kappa shape index (κ3) is 1.85. The van der Waals surface area contributed by atoms with E-state index in [1.54, 1.807) is 6.26 Å². The maximum absolute atomic E-state index is 5.60. The van der Waals surface area contributed by atoms with E-state index in [4.69, 9.17) is 16.0 Å². The molecule has 0 radical (unpaired) electrons. The average molecular weight is 210 g/mol. The zero-order valence-electron chi connectivity index (χ0n) is 7.79. The largest absolute Gasteiger partial charge is 0.462 e. The average Bonchev–Trinajstić information content (AvgIpc) is 2.63. The molecule has 1 N–H and O–H groups in total. The summed E-state index contributed by atoms with van der Waals surface area (Å²) < 4.78 is 5.38. The van der Waals surface area contributed by atoms with Crippen LogP contribution in [0.25, 0.3) is 11.0 Å². The second kappa shape index (κ2) is 4.38. The van der Waals surface area contributed by atoms with Crippen molar-refractivity contribution in [2.45, 2.75) is 6.42 Å². The topological polar surface area (TPSA) is 25.2 Å². The van der Waals surface area contributed by atoms with Gasteiger partial charge in [0.15, 0.2) is 0 Å². The molecule has 3 heteroatoms. The molecule has 0 fully saturated rings. The number of nitrogens with one attached hydrogen (secondary N) is 1. The van der Waals surface area contributed by atoms with Gasteiger partial charge in [-0.1, -0.05) is 12.1 Å². The summed E-state index contributed by atoms with van der Waals surface area (Å²) in [5, 5.41) is 4.42.